The molecule has 6 heteroatoms. The van der Waals surface area contributed by atoms with Crippen LogP contribution < -0.4 is 0 Å². The number of rotatable bonds is 10. The number of carbonyl (C=O) groups excluding carboxylic acids is 2. The third kappa shape index (κ3) is 8.17. The van der Waals surface area contributed by atoms with E-state index in [0.717, 1.165) is 6.04 Å². The summed E-state index contributed by atoms with van der Waals surface area (Å²) in [5.41, 5.74) is 2.09. The van der Waals surface area contributed by atoms with E-state index < -0.39 is 43.9 Å². The van der Waals surface area contributed by atoms with Gasteiger partial charge in [0.15, 0.2) is 0 Å². The summed E-state index contributed by atoms with van der Waals surface area (Å²) in [6.07, 6.45) is -1.39. The van der Waals surface area contributed by atoms with Gasteiger partial charge in [-0.25, -0.2) is 0 Å². The fourth-order valence-corrected chi connectivity index (χ4v) is 5.07. The van der Waals surface area contributed by atoms with Crippen molar-refractivity contribution in [2.24, 2.45) is 5.92 Å². The van der Waals surface area contributed by atoms with Crippen LogP contribution in [0.1, 0.15) is 28.5 Å². The average molecular weight is 529 g/mol. The Balaban J connectivity index is 2.13. The van der Waals surface area contributed by atoms with Crippen LogP contribution >= 0.6 is 0 Å². The van der Waals surface area contributed by atoms with Crippen LogP contribution in [0.5, 0.6) is 0 Å². The van der Waals surface area contributed by atoms with Crippen LogP contribution in [0.4, 0.5) is 0 Å². The third-order valence-electron chi connectivity index (χ3n) is 6.39. The second kappa shape index (κ2) is 13.8. The van der Waals surface area contributed by atoms with E-state index in [1.54, 1.807) is 0 Å². The Kier molecular flexibility index (Phi) is 10.5. The molecule has 0 fully saturated rings. The van der Waals surface area contributed by atoms with Gasteiger partial charge in [0, 0.05) is 19.6 Å². The lowest BCUT2D eigenvalue weighted by Crippen LogP contribution is -2.39. The number of benzene rings is 3. The van der Waals surface area contributed by atoms with Gasteiger partial charge in [-0.1, -0.05) is 110 Å². The smallest absolute Gasteiger partial charge is 0.313 e. The Bertz CT molecular complexity index is 1230. The number of hydrogen-bond donors (Lipinski definition) is 1. The molecule has 0 aliphatic heterocycles. The molecule has 3 aromatic rings. The van der Waals surface area contributed by atoms with E-state index in [1.165, 1.54) is 7.11 Å². The van der Waals surface area contributed by atoms with Crippen molar-refractivity contribution in [3.05, 3.63) is 108 Å². The summed E-state index contributed by atoms with van der Waals surface area (Å²) in [5, 5.41) is 11.5. The predicted octanol–water partition coefficient (Wildman–Crippen LogP) is 5.64. The minimum atomic E-state index is -1.48. The lowest BCUT2D eigenvalue weighted by atomic mass is 9.71. The van der Waals surface area contributed by atoms with Gasteiger partial charge in [-0.2, -0.15) is 0 Å². The summed E-state index contributed by atoms with van der Waals surface area (Å²) in [6, 6.07) is 28.5. The maximum atomic E-state index is 13.8. The van der Waals surface area contributed by atoms with Crippen molar-refractivity contribution in [3.8, 4) is 11.8 Å². The standard InChI is InChI=1S/C32H36O5Si/c1-36-31(34)29(26-18-12-7-13-19-26)28(25-16-10-6-11-17-25)30(32(35)37-22-23-38(2,3)4)27(33)21-20-24-14-8-5-9-15-24/h5-19,27-30,33H,22-23H2,1-4H3/t27?,28-,29+,30?/m0/s1. The number of aliphatic hydroxyl groups is 1. The minimum absolute atomic E-state index is 0.250. The maximum Gasteiger partial charge on any atom is 0.313 e. The molecule has 0 spiro atoms. The second-order valence-electron chi connectivity index (χ2n) is 10.4. The van der Waals surface area contributed by atoms with E-state index in [9.17, 15) is 14.7 Å². The van der Waals surface area contributed by atoms with Gasteiger partial charge in [0.2, 0.25) is 0 Å². The number of ether oxygens (including phenoxy) is 2. The molecule has 0 aliphatic carbocycles. The van der Waals surface area contributed by atoms with Gasteiger partial charge >= 0.3 is 11.9 Å². The molecule has 3 aromatic carbocycles. The van der Waals surface area contributed by atoms with Crippen LogP contribution in [0.25, 0.3) is 0 Å². The highest BCUT2D eigenvalue weighted by molar-refractivity contribution is 6.76. The van der Waals surface area contributed by atoms with Crippen molar-refractivity contribution in [1.82, 2.24) is 0 Å². The third-order valence-corrected chi connectivity index (χ3v) is 8.10. The lowest BCUT2D eigenvalue weighted by molar-refractivity contribution is -0.153. The normalized spacial score (nSPS) is 14.2. The van der Waals surface area contributed by atoms with Crippen LogP contribution in [0.3, 0.4) is 0 Å². The summed E-state index contributed by atoms with van der Waals surface area (Å²) in [6.45, 7) is 6.86. The molecule has 0 radical (unpaired) electrons. The minimum Gasteiger partial charge on any atom is -0.469 e. The lowest BCUT2D eigenvalue weighted by Gasteiger charge is -2.33. The van der Waals surface area contributed by atoms with Gasteiger partial charge in [0.25, 0.3) is 0 Å². The highest BCUT2D eigenvalue weighted by Gasteiger charge is 2.44. The highest BCUT2D eigenvalue weighted by atomic mass is 28.3. The van der Waals surface area contributed by atoms with Gasteiger partial charge in [0.05, 0.1) is 19.6 Å². The number of hydrogen-bond acceptors (Lipinski definition) is 5. The number of aliphatic hydroxyl groups excluding tert-OH is 1. The molecule has 1 N–H and O–H groups in total. The molecular weight excluding hydrogens is 492 g/mol. The molecule has 0 saturated carbocycles. The van der Waals surface area contributed by atoms with Crippen molar-refractivity contribution < 1.29 is 24.2 Å². The zero-order valence-corrected chi connectivity index (χ0v) is 23.5. The molecular formula is C32H36O5Si. The van der Waals surface area contributed by atoms with Crippen molar-refractivity contribution >= 4 is 20.0 Å². The van der Waals surface area contributed by atoms with E-state index in [0.29, 0.717) is 16.7 Å². The first-order chi connectivity index (χ1) is 18.2. The van der Waals surface area contributed by atoms with Gasteiger partial charge in [-0.15, -0.1) is 0 Å². The van der Waals surface area contributed by atoms with E-state index >= 15 is 0 Å². The summed E-state index contributed by atoms with van der Waals surface area (Å²) < 4.78 is 11.0. The first kappa shape index (κ1) is 28.9. The number of carbonyl (C=O) groups is 2. The highest BCUT2D eigenvalue weighted by Crippen LogP contribution is 2.42. The summed E-state index contributed by atoms with van der Waals surface area (Å²) >= 11 is 0. The van der Waals surface area contributed by atoms with Gasteiger partial charge in [0.1, 0.15) is 12.0 Å². The Morgan fingerprint density at radius 3 is 1.87 bits per heavy atom. The molecule has 2 unspecified atom stereocenters. The molecule has 0 saturated heterocycles. The van der Waals surface area contributed by atoms with Crippen molar-refractivity contribution in [2.75, 3.05) is 13.7 Å². The molecule has 0 aromatic heterocycles. The molecule has 0 amide bonds. The predicted molar refractivity (Wildman–Crippen MR) is 152 cm³/mol. The largest absolute Gasteiger partial charge is 0.469 e. The van der Waals surface area contributed by atoms with Gasteiger partial charge in [-0.3, -0.25) is 9.59 Å². The maximum absolute atomic E-state index is 13.8. The molecule has 0 heterocycles. The summed E-state index contributed by atoms with van der Waals surface area (Å²) in [5.74, 6) is 1.94. The van der Waals surface area contributed by atoms with Crippen molar-refractivity contribution in [2.45, 2.75) is 43.6 Å². The second-order valence-corrected chi connectivity index (χ2v) is 16.1. The Labute approximate surface area is 226 Å². The van der Waals surface area contributed by atoms with Gasteiger partial charge in [-0.05, 0) is 29.3 Å². The topological polar surface area (TPSA) is 72.8 Å². The van der Waals surface area contributed by atoms with Crippen LogP contribution in [-0.2, 0) is 19.1 Å². The average Bonchev–Trinajstić information content (AvgIpc) is 2.92. The Hall–Kier alpha value is -3.66. The van der Waals surface area contributed by atoms with Crippen LogP contribution in [0.15, 0.2) is 91.0 Å². The first-order valence-electron chi connectivity index (χ1n) is 12.8. The van der Waals surface area contributed by atoms with Gasteiger partial charge < -0.3 is 14.6 Å². The number of methoxy groups -OCH3 is 1. The van der Waals surface area contributed by atoms with Crippen molar-refractivity contribution in [1.29, 1.82) is 0 Å². The van der Waals surface area contributed by atoms with E-state index in [-0.39, 0.29) is 6.61 Å². The van der Waals surface area contributed by atoms with Crippen molar-refractivity contribution in [3.63, 3.8) is 0 Å². The Morgan fingerprint density at radius 1 is 0.816 bits per heavy atom. The monoisotopic (exact) mass is 528 g/mol. The van der Waals surface area contributed by atoms with Crippen LogP contribution in [-0.4, -0.2) is 44.9 Å². The zero-order chi connectivity index (χ0) is 27.5. The van der Waals surface area contributed by atoms with Crippen LogP contribution in [0.2, 0.25) is 25.7 Å². The molecule has 3 rings (SSSR count). The first-order valence-corrected chi connectivity index (χ1v) is 16.5. The molecule has 0 aliphatic rings. The molecule has 0 bridgehead atoms. The quantitative estimate of drug-likeness (QED) is 0.210. The van der Waals surface area contributed by atoms with E-state index in [4.69, 9.17) is 9.47 Å². The number of esters is 2. The summed E-state index contributed by atoms with van der Waals surface area (Å²) in [7, 11) is -0.150. The molecule has 5 nitrogen and oxygen atoms in total. The van der Waals surface area contributed by atoms with Crippen LogP contribution in [0, 0.1) is 17.8 Å². The molecule has 38 heavy (non-hydrogen) atoms. The van der Waals surface area contributed by atoms with E-state index in [1.807, 2.05) is 91.0 Å². The summed E-state index contributed by atoms with van der Waals surface area (Å²) in [4.78, 5) is 27.1. The Morgan fingerprint density at radius 2 is 1.34 bits per heavy atom. The molecule has 4 atom stereocenters. The SMILES string of the molecule is COC(=O)[C@H](c1ccccc1)[C@H](c1ccccc1)C(C(=O)OCC[Si](C)(C)C)C(O)C#Cc1ccccc1. The van der Waals surface area contributed by atoms with E-state index in [2.05, 4.69) is 31.5 Å². The zero-order valence-electron chi connectivity index (χ0n) is 22.5. The fourth-order valence-electron chi connectivity index (χ4n) is 4.35. The molecule has 198 valence electrons. The fraction of sp³-hybridized carbons (Fsp3) is 0.312.